The maximum absolute atomic E-state index is 13.6. The van der Waals surface area contributed by atoms with E-state index in [4.69, 9.17) is 9.47 Å². The third kappa shape index (κ3) is 6.54. The molecule has 1 amide bonds. The number of nitrogens with one attached hydrogen (secondary N) is 1. The zero-order chi connectivity index (χ0) is 25.4. The molecule has 0 radical (unpaired) electrons. The van der Waals surface area contributed by atoms with Crippen LogP contribution in [0.4, 0.5) is 5.69 Å². The molecule has 0 aromatic heterocycles. The van der Waals surface area contributed by atoms with Gasteiger partial charge in [-0.2, -0.15) is 0 Å². The van der Waals surface area contributed by atoms with Crippen LogP contribution < -0.4 is 19.1 Å². The number of rotatable bonds is 11. The van der Waals surface area contributed by atoms with E-state index in [9.17, 15) is 13.2 Å². The molecule has 0 saturated heterocycles. The molecule has 35 heavy (non-hydrogen) atoms. The summed E-state index contributed by atoms with van der Waals surface area (Å²) in [6, 6.07) is 19.5. The Bertz CT molecular complexity index is 1260. The highest BCUT2D eigenvalue weighted by Crippen LogP contribution is 2.33. The van der Waals surface area contributed by atoms with Gasteiger partial charge in [0.05, 0.1) is 24.8 Å². The van der Waals surface area contributed by atoms with Crippen LogP contribution in [0.15, 0.2) is 71.6 Å². The molecule has 3 aromatic rings. The largest absolute Gasteiger partial charge is 0.496 e. The smallest absolute Gasteiger partial charge is 0.264 e. The number of anilines is 1. The second-order valence-corrected chi connectivity index (χ2v) is 10.1. The fourth-order valence-corrected chi connectivity index (χ4v) is 5.16. The number of carbonyl (C=O) groups excluding carboxylic acids is 1. The number of nitrogens with zero attached hydrogens (tertiary/aromatic N) is 1. The monoisotopic (exact) mass is 496 g/mol. The molecule has 1 N–H and O–H groups in total. The van der Waals surface area contributed by atoms with Gasteiger partial charge in [-0.15, -0.1) is 0 Å². The number of para-hydroxylation sites is 1. The van der Waals surface area contributed by atoms with E-state index in [1.807, 2.05) is 44.2 Å². The van der Waals surface area contributed by atoms with E-state index < -0.39 is 15.9 Å². The van der Waals surface area contributed by atoms with Crippen LogP contribution >= 0.6 is 0 Å². The highest BCUT2D eigenvalue weighted by molar-refractivity contribution is 7.92. The maximum Gasteiger partial charge on any atom is 0.264 e. The third-order valence-electron chi connectivity index (χ3n) is 5.64. The Morgan fingerprint density at radius 1 is 0.886 bits per heavy atom. The molecule has 0 unspecified atom stereocenters. The van der Waals surface area contributed by atoms with Gasteiger partial charge in [0.15, 0.2) is 0 Å². The van der Waals surface area contributed by atoms with Crippen LogP contribution in [-0.2, 0) is 21.2 Å². The molecule has 0 aliphatic heterocycles. The number of methoxy groups -OCH3 is 2. The molecule has 0 bridgehead atoms. The van der Waals surface area contributed by atoms with Gasteiger partial charge in [-0.1, -0.05) is 42.0 Å². The summed E-state index contributed by atoms with van der Waals surface area (Å²) in [6.07, 6.45) is 1.41. The first-order valence-electron chi connectivity index (χ1n) is 11.4. The molecular weight excluding hydrogens is 464 g/mol. The lowest BCUT2D eigenvalue weighted by Crippen LogP contribution is -2.41. The van der Waals surface area contributed by atoms with E-state index in [-0.39, 0.29) is 11.4 Å². The number of hydrogen-bond acceptors (Lipinski definition) is 5. The molecule has 0 fully saturated rings. The SMILES string of the molecule is COc1ccccc1CCCNC(=O)CN(c1cc(C)ccc1OC)S(=O)(=O)c1ccc(C)cc1. The number of benzene rings is 3. The minimum Gasteiger partial charge on any atom is -0.496 e. The van der Waals surface area contributed by atoms with E-state index in [2.05, 4.69) is 5.32 Å². The highest BCUT2D eigenvalue weighted by Gasteiger charge is 2.29. The van der Waals surface area contributed by atoms with E-state index in [0.29, 0.717) is 24.4 Å². The summed E-state index contributed by atoms with van der Waals surface area (Å²) in [5.74, 6) is 0.778. The molecular formula is C27H32N2O5S. The number of hydrogen-bond donors (Lipinski definition) is 1. The molecule has 0 heterocycles. The summed E-state index contributed by atoms with van der Waals surface area (Å²) in [5, 5.41) is 2.85. The molecule has 3 rings (SSSR count). The topological polar surface area (TPSA) is 84.9 Å². The van der Waals surface area contributed by atoms with Crippen LogP contribution in [0.5, 0.6) is 11.5 Å². The summed E-state index contributed by atoms with van der Waals surface area (Å²) < 4.78 is 39.2. The predicted molar refractivity (Wildman–Crippen MR) is 138 cm³/mol. The average molecular weight is 497 g/mol. The summed E-state index contributed by atoms with van der Waals surface area (Å²) in [7, 11) is -0.919. The van der Waals surface area contributed by atoms with Gasteiger partial charge in [0.25, 0.3) is 10.0 Å². The standard InChI is InChI=1S/C27H32N2O5S/c1-20-11-14-23(15-12-20)35(31,32)29(24-18-21(2)13-16-26(24)34-4)19-27(30)28-17-7-9-22-8-5-6-10-25(22)33-3/h5-6,8,10-16,18H,7,9,17,19H2,1-4H3,(H,28,30). The van der Waals surface area contributed by atoms with Crippen LogP contribution in [-0.4, -0.2) is 41.6 Å². The fourth-order valence-electron chi connectivity index (χ4n) is 3.73. The Balaban J connectivity index is 1.79. The lowest BCUT2D eigenvalue weighted by atomic mass is 10.1. The summed E-state index contributed by atoms with van der Waals surface area (Å²) >= 11 is 0. The second kappa shape index (κ2) is 11.8. The first-order chi connectivity index (χ1) is 16.8. The first kappa shape index (κ1) is 26.1. The van der Waals surface area contributed by atoms with Crippen LogP contribution in [0, 0.1) is 13.8 Å². The molecule has 0 aliphatic rings. The van der Waals surface area contributed by atoms with E-state index in [1.165, 1.54) is 7.11 Å². The Labute approximate surface area is 207 Å². The number of aryl methyl sites for hydroxylation is 3. The highest BCUT2D eigenvalue weighted by atomic mass is 32.2. The Hall–Kier alpha value is -3.52. The van der Waals surface area contributed by atoms with Crippen molar-refractivity contribution in [3.05, 3.63) is 83.4 Å². The van der Waals surface area contributed by atoms with Gasteiger partial charge >= 0.3 is 0 Å². The number of amides is 1. The van der Waals surface area contributed by atoms with Crippen molar-refractivity contribution in [1.82, 2.24) is 5.32 Å². The Morgan fingerprint density at radius 2 is 1.54 bits per heavy atom. The quantitative estimate of drug-likeness (QED) is 0.401. The van der Waals surface area contributed by atoms with Gasteiger partial charge in [0, 0.05) is 6.54 Å². The fraction of sp³-hybridized carbons (Fsp3) is 0.296. The minimum atomic E-state index is -4.02. The molecule has 7 nitrogen and oxygen atoms in total. The van der Waals surface area contributed by atoms with Crippen molar-refractivity contribution in [3.8, 4) is 11.5 Å². The minimum absolute atomic E-state index is 0.107. The number of sulfonamides is 1. The van der Waals surface area contributed by atoms with Crippen LogP contribution in [0.2, 0.25) is 0 Å². The van der Waals surface area contributed by atoms with E-state index in [1.54, 1.807) is 43.5 Å². The van der Waals surface area contributed by atoms with Gasteiger partial charge in [-0.25, -0.2) is 8.42 Å². The predicted octanol–water partition coefficient (Wildman–Crippen LogP) is 4.26. The lowest BCUT2D eigenvalue weighted by Gasteiger charge is -2.26. The summed E-state index contributed by atoms with van der Waals surface area (Å²) in [4.78, 5) is 13.0. The van der Waals surface area contributed by atoms with E-state index in [0.717, 1.165) is 33.2 Å². The zero-order valence-electron chi connectivity index (χ0n) is 20.6. The molecule has 0 aliphatic carbocycles. The van der Waals surface area contributed by atoms with Gasteiger partial charge in [0.1, 0.15) is 18.0 Å². The average Bonchev–Trinajstić information content (AvgIpc) is 2.85. The van der Waals surface area contributed by atoms with Crippen molar-refractivity contribution in [2.75, 3.05) is 31.6 Å². The first-order valence-corrected chi connectivity index (χ1v) is 12.8. The van der Waals surface area contributed by atoms with Crippen molar-refractivity contribution >= 4 is 21.6 Å². The molecule has 0 spiro atoms. The Kier molecular flexibility index (Phi) is 8.76. The lowest BCUT2D eigenvalue weighted by molar-refractivity contribution is -0.119. The molecule has 8 heteroatoms. The van der Waals surface area contributed by atoms with Crippen LogP contribution in [0.1, 0.15) is 23.1 Å². The van der Waals surface area contributed by atoms with Crippen molar-refractivity contribution < 1.29 is 22.7 Å². The molecule has 3 aromatic carbocycles. The van der Waals surface area contributed by atoms with Crippen molar-refractivity contribution in [2.24, 2.45) is 0 Å². The molecule has 0 atom stereocenters. The van der Waals surface area contributed by atoms with Gasteiger partial charge in [-0.3, -0.25) is 9.10 Å². The normalized spacial score (nSPS) is 11.1. The molecule has 0 saturated carbocycles. The molecule has 186 valence electrons. The van der Waals surface area contributed by atoms with Crippen LogP contribution in [0.25, 0.3) is 0 Å². The van der Waals surface area contributed by atoms with E-state index >= 15 is 0 Å². The van der Waals surface area contributed by atoms with Gasteiger partial charge in [0.2, 0.25) is 5.91 Å². The van der Waals surface area contributed by atoms with Crippen LogP contribution in [0.3, 0.4) is 0 Å². The summed E-state index contributed by atoms with van der Waals surface area (Å²) in [6.45, 7) is 3.78. The third-order valence-corrected chi connectivity index (χ3v) is 7.41. The van der Waals surface area contributed by atoms with Crippen molar-refractivity contribution in [2.45, 2.75) is 31.6 Å². The van der Waals surface area contributed by atoms with Crippen molar-refractivity contribution in [3.63, 3.8) is 0 Å². The van der Waals surface area contributed by atoms with Gasteiger partial charge in [-0.05, 0) is 68.1 Å². The second-order valence-electron chi connectivity index (χ2n) is 8.27. The van der Waals surface area contributed by atoms with Gasteiger partial charge < -0.3 is 14.8 Å². The maximum atomic E-state index is 13.6. The summed E-state index contributed by atoms with van der Waals surface area (Å²) in [5.41, 5.74) is 3.16. The zero-order valence-corrected chi connectivity index (χ0v) is 21.4. The Morgan fingerprint density at radius 3 is 2.23 bits per heavy atom. The number of carbonyl (C=O) groups is 1. The number of ether oxygens (including phenoxy) is 2. The van der Waals surface area contributed by atoms with Crippen molar-refractivity contribution in [1.29, 1.82) is 0 Å².